The van der Waals surface area contributed by atoms with E-state index in [2.05, 4.69) is 21.6 Å². The highest BCUT2D eigenvalue weighted by Gasteiger charge is 2.11. The molecule has 0 N–H and O–H groups in total. The summed E-state index contributed by atoms with van der Waals surface area (Å²) >= 11 is 7.73. The van der Waals surface area contributed by atoms with Gasteiger partial charge in [-0.2, -0.15) is 0 Å². The van der Waals surface area contributed by atoms with Gasteiger partial charge in [-0.15, -0.1) is 11.3 Å². The van der Waals surface area contributed by atoms with Crippen LogP contribution in [-0.2, 0) is 22.4 Å². The SMILES string of the molecule is CCc1cc2c(Cl)nc(CCC(=O)OC)nc2s1. The Morgan fingerprint density at radius 3 is 2.94 bits per heavy atom. The van der Waals surface area contributed by atoms with Gasteiger partial charge in [0.2, 0.25) is 0 Å². The van der Waals surface area contributed by atoms with Gasteiger partial charge in [-0.25, -0.2) is 9.97 Å². The van der Waals surface area contributed by atoms with Gasteiger partial charge in [0.25, 0.3) is 0 Å². The lowest BCUT2D eigenvalue weighted by molar-refractivity contribution is -0.140. The minimum absolute atomic E-state index is 0.268. The number of nitrogens with zero attached hydrogens (tertiary/aromatic N) is 2. The van der Waals surface area contributed by atoms with Crippen molar-refractivity contribution in [1.82, 2.24) is 9.97 Å². The van der Waals surface area contributed by atoms with Crippen LogP contribution in [-0.4, -0.2) is 23.0 Å². The molecule has 2 aromatic heterocycles. The van der Waals surface area contributed by atoms with Crippen molar-refractivity contribution < 1.29 is 9.53 Å². The summed E-state index contributed by atoms with van der Waals surface area (Å²) in [6.07, 6.45) is 1.67. The summed E-state index contributed by atoms with van der Waals surface area (Å²) < 4.78 is 4.59. The standard InChI is InChI=1S/C12H13ClN2O2S/c1-3-7-6-8-11(13)14-9(15-12(8)18-7)4-5-10(16)17-2/h6H,3-5H2,1-2H3. The minimum Gasteiger partial charge on any atom is -0.469 e. The van der Waals surface area contributed by atoms with Crippen molar-refractivity contribution in [2.45, 2.75) is 26.2 Å². The van der Waals surface area contributed by atoms with Crippen LogP contribution in [0.4, 0.5) is 0 Å². The normalized spacial score (nSPS) is 10.8. The summed E-state index contributed by atoms with van der Waals surface area (Å²) in [6, 6.07) is 2.02. The predicted octanol–water partition coefficient (Wildman–Crippen LogP) is 3.01. The maximum absolute atomic E-state index is 11.1. The van der Waals surface area contributed by atoms with Crippen LogP contribution in [0.1, 0.15) is 24.0 Å². The van der Waals surface area contributed by atoms with Gasteiger partial charge >= 0.3 is 5.97 Å². The molecule has 0 saturated carbocycles. The number of thiophene rings is 1. The first-order chi connectivity index (χ1) is 8.63. The lowest BCUT2D eigenvalue weighted by Crippen LogP contribution is -2.04. The quantitative estimate of drug-likeness (QED) is 0.640. The molecule has 0 bridgehead atoms. The molecule has 96 valence electrons. The van der Waals surface area contributed by atoms with Crippen LogP contribution in [0.25, 0.3) is 10.2 Å². The average Bonchev–Trinajstić information content (AvgIpc) is 2.79. The number of aryl methyl sites for hydroxylation is 2. The Morgan fingerprint density at radius 1 is 1.50 bits per heavy atom. The number of rotatable bonds is 4. The largest absolute Gasteiger partial charge is 0.469 e. The number of hydrogen-bond donors (Lipinski definition) is 0. The highest BCUT2D eigenvalue weighted by atomic mass is 35.5. The van der Waals surface area contributed by atoms with Crippen LogP contribution in [0.2, 0.25) is 5.15 Å². The molecule has 2 rings (SSSR count). The molecule has 0 radical (unpaired) electrons. The Kier molecular flexibility index (Phi) is 4.14. The molecule has 0 aromatic carbocycles. The first-order valence-electron chi connectivity index (χ1n) is 5.65. The first kappa shape index (κ1) is 13.2. The smallest absolute Gasteiger partial charge is 0.305 e. The van der Waals surface area contributed by atoms with Crippen LogP contribution >= 0.6 is 22.9 Å². The number of esters is 1. The Bertz CT molecular complexity index is 583. The van der Waals surface area contributed by atoms with E-state index < -0.39 is 0 Å². The minimum atomic E-state index is -0.268. The van der Waals surface area contributed by atoms with Crippen molar-refractivity contribution in [2.24, 2.45) is 0 Å². The van der Waals surface area contributed by atoms with Gasteiger partial charge in [-0.05, 0) is 12.5 Å². The van der Waals surface area contributed by atoms with Gasteiger partial charge in [-0.3, -0.25) is 4.79 Å². The molecule has 6 heteroatoms. The van der Waals surface area contributed by atoms with E-state index >= 15 is 0 Å². The van der Waals surface area contributed by atoms with Crippen molar-refractivity contribution in [3.63, 3.8) is 0 Å². The lowest BCUT2D eigenvalue weighted by Gasteiger charge is -2.00. The van der Waals surface area contributed by atoms with E-state index in [0.717, 1.165) is 16.6 Å². The topological polar surface area (TPSA) is 52.1 Å². The van der Waals surface area contributed by atoms with E-state index in [1.54, 1.807) is 11.3 Å². The molecule has 0 spiro atoms. The zero-order valence-electron chi connectivity index (χ0n) is 10.2. The molecular formula is C12H13ClN2O2S. The fraction of sp³-hybridized carbons (Fsp3) is 0.417. The lowest BCUT2D eigenvalue weighted by atomic mass is 10.3. The Labute approximate surface area is 114 Å². The second-order valence-corrected chi connectivity index (χ2v) is 5.27. The van der Waals surface area contributed by atoms with Crippen LogP contribution < -0.4 is 0 Å². The number of fused-ring (bicyclic) bond motifs is 1. The molecule has 2 aromatic rings. The molecule has 0 saturated heterocycles. The van der Waals surface area contributed by atoms with E-state index in [-0.39, 0.29) is 12.4 Å². The number of carbonyl (C=O) groups excluding carboxylic acids is 1. The van der Waals surface area contributed by atoms with Gasteiger partial charge in [-0.1, -0.05) is 18.5 Å². The number of aromatic nitrogens is 2. The summed E-state index contributed by atoms with van der Waals surface area (Å²) in [5, 5.41) is 1.34. The Morgan fingerprint density at radius 2 is 2.28 bits per heavy atom. The van der Waals surface area contributed by atoms with Crippen molar-refractivity contribution in [3.05, 3.63) is 21.9 Å². The fourth-order valence-electron chi connectivity index (χ4n) is 1.58. The highest BCUT2D eigenvalue weighted by molar-refractivity contribution is 7.18. The summed E-state index contributed by atoms with van der Waals surface area (Å²) in [5.74, 6) is 0.317. The number of halogens is 1. The third-order valence-electron chi connectivity index (χ3n) is 2.57. The Balaban J connectivity index is 2.27. The highest BCUT2D eigenvalue weighted by Crippen LogP contribution is 2.29. The molecule has 4 nitrogen and oxygen atoms in total. The van der Waals surface area contributed by atoms with Gasteiger partial charge in [0.05, 0.1) is 13.5 Å². The number of ether oxygens (including phenoxy) is 1. The fourth-order valence-corrected chi connectivity index (χ4v) is 2.86. The van der Waals surface area contributed by atoms with Crippen LogP contribution in [0.3, 0.4) is 0 Å². The monoisotopic (exact) mass is 284 g/mol. The van der Waals surface area contributed by atoms with Crippen LogP contribution in [0.15, 0.2) is 6.07 Å². The molecule has 0 aliphatic carbocycles. The maximum atomic E-state index is 11.1. The summed E-state index contributed by atoms with van der Waals surface area (Å²) in [5.41, 5.74) is 0. The summed E-state index contributed by atoms with van der Waals surface area (Å²) in [7, 11) is 1.37. The molecule has 0 aliphatic heterocycles. The Hall–Kier alpha value is -1.20. The molecular weight excluding hydrogens is 272 g/mol. The zero-order chi connectivity index (χ0) is 13.1. The summed E-state index contributed by atoms with van der Waals surface area (Å²) in [6.45, 7) is 2.09. The average molecular weight is 285 g/mol. The first-order valence-corrected chi connectivity index (χ1v) is 6.85. The zero-order valence-corrected chi connectivity index (χ0v) is 11.8. The number of hydrogen-bond acceptors (Lipinski definition) is 5. The van der Waals surface area contributed by atoms with Gasteiger partial charge < -0.3 is 4.74 Å². The van der Waals surface area contributed by atoms with Crippen molar-refractivity contribution in [3.8, 4) is 0 Å². The molecule has 0 aliphatic rings. The molecule has 0 amide bonds. The molecule has 0 fully saturated rings. The van der Waals surface area contributed by atoms with Crippen LogP contribution in [0, 0.1) is 0 Å². The number of methoxy groups -OCH3 is 1. The maximum Gasteiger partial charge on any atom is 0.305 e. The molecule has 0 atom stereocenters. The van der Waals surface area contributed by atoms with Crippen molar-refractivity contribution in [2.75, 3.05) is 7.11 Å². The van der Waals surface area contributed by atoms with E-state index in [9.17, 15) is 4.79 Å². The molecule has 0 unspecified atom stereocenters. The molecule has 18 heavy (non-hydrogen) atoms. The number of carbonyl (C=O) groups is 1. The van der Waals surface area contributed by atoms with E-state index in [1.165, 1.54) is 12.0 Å². The van der Waals surface area contributed by atoms with Crippen LogP contribution in [0.5, 0.6) is 0 Å². The van der Waals surface area contributed by atoms with E-state index in [1.807, 2.05) is 6.07 Å². The van der Waals surface area contributed by atoms with E-state index in [0.29, 0.717) is 17.4 Å². The van der Waals surface area contributed by atoms with Crippen molar-refractivity contribution in [1.29, 1.82) is 0 Å². The third kappa shape index (κ3) is 2.79. The molecule has 2 heterocycles. The third-order valence-corrected chi connectivity index (χ3v) is 4.03. The summed E-state index contributed by atoms with van der Waals surface area (Å²) in [4.78, 5) is 21.8. The second-order valence-electron chi connectivity index (χ2n) is 3.79. The van der Waals surface area contributed by atoms with Gasteiger partial charge in [0.15, 0.2) is 0 Å². The predicted molar refractivity (Wildman–Crippen MR) is 72.1 cm³/mol. The van der Waals surface area contributed by atoms with Gasteiger partial charge in [0, 0.05) is 16.7 Å². The van der Waals surface area contributed by atoms with Crippen molar-refractivity contribution >= 4 is 39.1 Å². The van der Waals surface area contributed by atoms with Gasteiger partial charge in [0.1, 0.15) is 15.8 Å². The van der Waals surface area contributed by atoms with E-state index in [4.69, 9.17) is 11.6 Å². The second kappa shape index (κ2) is 5.63.